The van der Waals surface area contributed by atoms with Gasteiger partial charge in [-0.1, -0.05) is 45.7 Å². The first-order chi connectivity index (χ1) is 8.89. The Labute approximate surface area is 121 Å². The van der Waals surface area contributed by atoms with Crippen LogP contribution in [0, 0.1) is 5.41 Å². The van der Waals surface area contributed by atoms with Crippen molar-refractivity contribution in [3.05, 3.63) is 17.0 Å². The molecule has 1 aliphatic carbocycles. The van der Waals surface area contributed by atoms with Crippen LogP contribution in [-0.2, 0) is 0 Å². The number of hydrogen-bond donors (Lipinski definition) is 1. The third-order valence-corrected chi connectivity index (χ3v) is 4.26. The van der Waals surface area contributed by atoms with Crippen molar-refractivity contribution in [2.45, 2.75) is 65.3 Å². The maximum Gasteiger partial charge on any atom is 0.138 e. The van der Waals surface area contributed by atoms with Gasteiger partial charge in [0.15, 0.2) is 0 Å². The maximum absolute atomic E-state index is 6.21. The van der Waals surface area contributed by atoms with Gasteiger partial charge in [0.25, 0.3) is 0 Å². The highest BCUT2D eigenvalue weighted by Crippen LogP contribution is 2.37. The minimum Gasteiger partial charge on any atom is -0.367 e. The fourth-order valence-electron chi connectivity index (χ4n) is 3.02. The van der Waals surface area contributed by atoms with Crippen LogP contribution >= 0.6 is 11.6 Å². The lowest BCUT2D eigenvalue weighted by Crippen LogP contribution is -2.32. The third kappa shape index (κ3) is 3.59. The number of anilines is 1. The van der Waals surface area contributed by atoms with Crippen LogP contribution in [0.4, 0.5) is 5.82 Å². The van der Waals surface area contributed by atoms with Crippen molar-refractivity contribution in [3.63, 3.8) is 0 Å². The van der Waals surface area contributed by atoms with Gasteiger partial charge in [0.1, 0.15) is 17.3 Å². The van der Waals surface area contributed by atoms with Crippen molar-refractivity contribution < 1.29 is 0 Å². The molecule has 0 bridgehead atoms. The van der Waals surface area contributed by atoms with E-state index in [2.05, 4.69) is 43.0 Å². The smallest absolute Gasteiger partial charge is 0.138 e. The Kier molecular flexibility index (Phi) is 4.34. The van der Waals surface area contributed by atoms with E-state index >= 15 is 0 Å². The summed E-state index contributed by atoms with van der Waals surface area (Å²) in [5.41, 5.74) is 1.46. The van der Waals surface area contributed by atoms with E-state index in [4.69, 9.17) is 11.6 Å². The zero-order chi connectivity index (χ0) is 14.0. The topological polar surface area (TPSA) is 37.8 Å². The zero-order valence-corrected chi connectivity index (χ0v) is 13.1. The molecule has 1 heterocycles. The second-order valence-corrected chi connectivity index (χ2v) is 7.04. The Bertz CT molecular complexity index is 443. The van der Waals surface area contributed by atoms with Gasteiger partial charge in [0, 0.05) is 11.6 Å². The van der Waals surface area contributed by atoms with E-state index in [1.807, 2.05) is 0 Å². The second-order valence-electron chi connectivity index (χ2n) is 6.68. The van der Waals surface area contributed by atoms with Gasteiger partial charge in [-0.3, -0.25) is 0 Å². The highest BCUT2D eigenvalue weighted by molar-refractivity contribution is 6.30. The molecule has 19 heavy (non-hydrogen) atoms. The van der Waals surface area contributed by atoms with Crippen molar-refractivity contribution in [1.29, 1.82) is 0 Å². The van der Waals surface area contributed by atoms with Crippen LogP contribution in [0.15, 0.2) is 6.33 Å². The average Bonchev–Trinajstić information content (AvgIpc) is 2.26. The number of nitrogens with one attached hydrogen (secondary N) is 1. The summed E-state index contributed by atoms with van der Waals surface area (Å²) in [6, 6.07) is 0.493. The van der Waals surface area contributed by atoms with Gasteiger partial charge in [-0.2, -0.15) is 0 Å². The molecule has 1 aromatic heterocycles. The highest BCUT2D eigenvalue weighted by Gasteiger charge is 2.28. The second kappa shape index (κ2) is 5.66. The molecule has 1 aromatic rings. The lowest BCUT2D eigenvalue weighted by Gasteiger charge is -2.36. The molecule has 106 valence electrons. The molecular weight excluding hydrogens is 258 g/mol. The normalized spacial score (nSPS) is 22.5. The fraction of sp³-hybridized carbons (Fsp3) is 0.733. The van der Waals surface area contributed by atoms with E-state index in [0.717, 1.165) is 11.4 Å². The first-order valence-electron chi connectivity index (χ1n) is 7.16. The molecule has 0 aliphatic heterocycles. The van der Waals surface area contributed by atoms with E-state index in [9.17, 15) is 0 Å². The summed E-state index contributed by atoms with van der Waals surface area (Å²) in [4.78, 5) is 8.49. The minimum atomic E-state index is 0.327. The number of nitrogens with zero attached hydrogens (tertiary/aromatic N) is 2. The first kappa shape index (κ1) is 14.6. The number of halogens is 1. The summed E-state index contributed by atoms with van der Waals surface area (Å²) >= 11 is 6.21. The lowest BCUT2D eigenvalue weighted by atomic mass is 9.75. The van der Waals surface area contributed by atoms with Crippen molar-refractivity contribution in [3.8, 4) is 0 Å². The molecule has 1 unspecified atom stereocenters. The molecule has 1 atom stereocenters. The monoisotopic (exact) mass is 281 g/mol. The molecule has 1 N–H and O–H groups in total. The lowest BCUT2D eigenvalue weighted by molar-refractivity contribution is 0.229. The minimum absolute atomic E-state index is 0.327. The van der Waals surface area contributed by atoms with Crippen molar-refractivity contribution in [2.24, 2.45) is 5.41 Å². The zero-order valence-electron chi connectivity index (χ0n) is 12.3. The van der Waals surface area contributed by atoms with E-state index < -0.39 is 0 Å². The quantitative estimate of drug-likeness (QED) is 0.821. The van der Waals surface area contributed by atoms with E-state index in [0.29, 0.717) is 22.5 Å². The molecule has 4 heteroatoms. The van der Waals surface area contributed by atoms with Crippen LogP contribution in [-0.4, -0.2) is 16.0 Å². The standard InChI is InChI=1S/C15H24ClN3/c1-10(2)12-13(16)17-9-18-14(12)19-11-6-5-7-15(3,4)8-11/h9-11H,5-8H2,1-4H3,(H,17,18,19). The fourth-order valence-corrected chi connectivity index (χ4v) is 3.37. The highest BCUT2D eigenvalue weighted by atomic mass is 35.5. The molecule has 1 fully saturated rings. The predicted molar refractivity (Wildman–Crippen MR) is 80.8 cm³/mol. The molecule has 2 rings (SSSR count). The van der Waals surface area contributed by atoms with E-state index in [1.54, 1.807) is 6.33 Å². The van der Waals surface area contributed by atoms with Crippen molar-refractivity contribution >= 4 is 17.4 Å². The molecule has 3 nitrogen and oxygen atoms in total. The summed E-state index contributed by atoms with van der Waals surface area (Å²) in [6.07, 6.45) is 6.53. The van der Waals surface area contributed by atoms with Gasteiger partial charge in [-0.15, -0.1) is 0 Å². The van der Waals surface area contributed by atoms with Crippen LogP contribution in [0.1, 0.15) is 64.9 Å². The molecule has 0 amide bonds. The van der Waals surface area contributed by atoms with E-state index in [-0.39, 0.29) is 0 Å². The molecule has 0 saturated heterocycles. The largest absolute Gasteiger partial charge is 0.367 e. The summed E-state index contributed by atoms with van der Waals surface area (Å²) in [5, 5.41) is 4.16. The van der Waals surface area contributed by atoms with Gasteiger partial charge in [-0.25, -0.2) is 9.97 Å². The van der Waals surface area contributed by atoms with Crippen LogP contribution in [0.25, 0.3) is 0 Å². The SMILES string of the molecule is CC(C)c1c(Cl)ncnc1NC1CCCC(C)(C)C1. The molecule has 1 aliphatic rings. The van der Waals surface area contributed by atoms with Crippen LogP contribution in [0.5, 0.6) is 0 Å². The predicted octanol–water partition coefficient (Wildman–Crippen LogP) is 4.63. The van der Waals surface area contributed by atoms with Gasteiger partial charge in [0.05, 0.1) is 0 Å². The number of hydrogen-bond acceptors (Lipinski definition) is 3. The van der Waals surface area contributed by atoms with Gasteiger partial charge >= 0.3 is 0 Å². The number of aromatic nitrogens is 2. The van der Waals surface area contributed by atoms with Gasteiger partial charge in [-0.05, 0) is 30.6 Å². The molecule has 0 spiro atoms. The Morgan fingerprint density at radius 2 is 2.11 bits per heavy atom. The summed E-state index contributed by atoms with van der Waals surface area (Å²) < 4.78 is 0. The summed E-state index contributed by atoms with van der Waals surface area (Å²) in [5.74, 6) is 1.24. The maximum atomic E-state index is 6.21. The Morgan fingerprint density at radius 3 is 2.74 bits per heavy atom. The summed E-state index contributed by atoms with van der Waals surface area (Å²) in [6.45, 7) is 8.94. The van der Waals surface area contributed by atoms with Gasteiger partial charge < -0.3 is 5.32 Å². The molecule has 0 radical (unpaired) electrons. The van der Waals surface area contributed by atoms with Gasteiger partial charge in [0.2, 0.25) is 0 Å². The van der Waals surface area contributed by atoms with Crippen LogP contribution < -0.4 is 5.32 Å². The Balaban J connectivity index is 2.17. The first-order valence-corrected chi connectivity index (χ1v) is 7.54. The number of rotatable bonds is 3. The Morgan fingerprint density at radius 1 is 1.37 bits per heavy atom. The van der Waals surface area contributed by atoms with Crippen molar-refractivity contribution in [1.82, 2.24) is 9.97 Å². The molecular formula is C15H24ClN3. The molecule has 1 saturated carbocycles. The summed E-state index contributed by atoms with van der Waals surface area (Å²) in [7, 11) is 0. The van der Waals surface area contributed by atoms with E-state index in [1.165, 1.54) is 25.7 Å². The Hall–Kier alpha value is -0.830. The molecule has 0 aromatic carbocycles. The van der Waals surface area contributed by atoms with Crippen LogP contribution in [0.2, 0.25) is 5.15 Å². The van der Waals surface area contributed by atoms with Crippen molar-refractivity contribution in [2.75, 3.05) is 5.32 Å². The average molecular weight is 282 g/mol. The van der Waals surface area contributed by atoms with Crippen LogP contribution in [0.3, 0.4) is 0 Å². The third-order valence-electron chi connectivity index (χ3n) is 3.96.